The van der Waals surface area contributed by atoms with Gasteiger partial charge in [0.1, 0.15) is 11.4 Å². The van der Waals surface area contributed by atoms with Crippen LogP contribution in [0, 0.1) is 5.82 Å². The van der Waals surface area contributed by atoms with E-state index in [4.69, 9.17) is 9.84 Å². The van der Waals surface area contributed by atoms with Crippen LogP contribution in [-0.2, 0) is 11.3 Å². The van der Waals surface area contributed by atoms with Crippen LogP contribution in [0.2, 0.25) is 0 Å². The molecule has 1 rings (SSSR count). The van der Waals surface area contributed by atoms with E-state index in [9.17, 15) is 9.18 Å². The predicted octanol–water partition coefficient (Wildman–Crippen LogP) is 2.67. The summed E-state index contributed by atoms with van der Waals surface area (Å²) < 4.78 is 18.3. The lowest BCUT2D eigenvalue weighted by Gasteiger charge is -2.19. The van der Waals surface area contributed by atoms with Crippen molar-refractivity contribution in [1.82, 2.24) is 0 Å². The Bertz CT molecular complexity index is 413. The Hall–Kier alpha value is -1.62. The second-order valence-corrected chi connectivity index (χ2v) is 4.60. The van der Waals surface area contributed by atoms with Crippen molar-refractivity contribution in [3.63, 3.8) is 0 Å². The van der Waals surface area contributed by atoms with Crippen molar-refractivity contribution >= 4 is 11.8 Å². The van der Waals surface area contributed by atoms with Gasteiger partial charge in [-0.05, 0) is 38.5 Å². The number of hydrogen-bond donors (Lipinski definition) is 2. The lowest BCUT2D eigenvalue weighted by atomic mass is 10.2. The van der Waals surface area contributed by atoms with Crippen LogP contribution in [0.15, 0.2) is 18.2 Å². The van der Waals surface area contributed by atoms with E-state index in [2.05, 4.69) is 5.32 Å². The summed E-state index contributed by atoms with van der Waals surface area (Å²) in [5.74, 6) is -0.576. The largest absolute Gasteiger partial charge is 0.444 e. The van der Waals surface area contributed by atoms with Crippen molar-refractivity contribution in [2.45, 2.75) is 33.0 Å². The highest BCUT2D eigenvalue weighted by atomic mass is 19.1. The summed E-state index contributed by atoms with van der Waals surface area (Å²) in [5, 5.41) is 11.2. The molecule has 2 N–H and O–H groups in total. The number of carbonyl (C=O) groups excluding carboxylic acids is 1. The molecule has 94 valence electrons. The number of benzene rings is 1. The average molecular weight is 241 g/mol. The van der Waals surface area contributed by atoms with Gasteiger partial charge in [-0.15, -0.1) is 0 Å². The van der Waals surface area contributed by atoms with E-state index < -0.39 is 17.5 Å². The zero-order valence-electron chi connectivity index (χ0n) is 10.1. The molecule has 4 nitrogen and oxygen atoms in total. The first-order valence-corrected chi connectivity index (χ1v) is 5.21. The number of halogens is 1. The van der Waals surface area contributed by atoms with Gasteiger partial charge >= 0.3 is 6.09 Å². The third-order valence-corrected chi connectivity index (χ3v) is 1.85. The molecule has 1 aromatic rings. The van der Waals surface area contributed by atoms with Crippen molar-refractivity contribution < 1.29 is 19.0 Å². The summed E-state index contributed by atoms with van der Waals surface area (Å²) in [6, 6.07) is 3.98. The minimum absolute atomic E-state index is 0.00852. The summed E-state index contributed by atoms with van der Waals surface area (Å²) in [6.45, 7) is 4.93. The van der Waals surface area contributed by atoms with Crippen molar-refractivity contribution in [2.24, 2.45) is 0 Å². The molecule has 0 saturated carbocycles. The molecule has 0 heterocycles. The van der Waals surface area contributed by atoms with Gasteiger partial charge in [-0.25, -0.2) is 9.18 Å². The molecule has 0 aliphatic carbocycles. The van der Waals surface area contributed by atoms with Gasteiger partial charge in [-0.1, -0.05) is 6.07 Å². The van der Waals surface area contributed by atoms with Crippen molar-refractivity contribution in [2.75, 3.05) is 5.32 Å². The smallest absolute Gasteiger partial charge is 0.412 e. The molecule has 0 aliphatic heterocycles. The Morgan fingerprint density at radius 1 is 1.47 bits per heavy atom. The number of anilines is 1. The Morgan fingerprint density at radius 2 is 2.12 bits per heavy atom. The summed E-state index contributed by atoms with van der Waals surface area (Å²) in [7, 11) is 0. The normalized spacial score (nSPS) is 11.1. The number of carbonyl (C=O) groups is 1. The van der Waals surface area contributed by atoms with E-state index in [1.807, 2.05) is 0 Å². The van der Waals surface area contributed by atoms with E-state index >= 15 is 0 Å². The van der Waals surface area contributed by atoms with Crippen LogP contribution in [0.3, 0.4) is 0 Å². The first-order chi connectivity index (χ1) is 7.81. The van der Waals surface area contributed by atoms with E-state index in [-0.39, 0.29) is 12.3 Å². The van der Waals surface area contributed by atoms with Crippen LogP contribution in [0.4, 0.5) is 14.9 Å². The van der Waals surface area contributed by atoms with E-state index in [1.165, 1.54) is 18.2 Å². The minimum Gasteiger partial charge on any atom is -0.444 e. The van der Waals surface area contributed by atoms with Crippen LogP contribution < -0.4 is 5.32 Å². The van der Waals surface area contributed by atoms with Crippen molar-refractivity contribution in [3.05, 3.63) is 29.6 Å². The maximum atomic E-state index is 13.3. The van der Waals surface area contributed by atoms with Gasteiger partial charge in [-0.3, -0.25) is 5.32 Å². The molecule has 5 heteroatoms. The van der Waals surface area contributed by atoms with Gasteiger partial charge in [0.15, 0.2) is 0 Å². The molecule has 0 saturated heterocycles. The van der Waals surface area contributed by atoms with Crippen LogP contribution in [0.5, 0.6) is 0 Å². The van der Waals surface area contributed by atoms with Gasteiger partial charge in [0.05, 0.1) is 12.3 Å². The molecular weight excluding hydrogens is 225 g/mol. The van der Waals surface area contributed by atoms with Gasteiger partial charge in [0.25, 0.3) is 0 Å². The van der Waals surface area contributed by atoms with Gasteiger partial charge in [-0.2, -0.15) is 0 Å². The minimum atomic E-state index is -0.730. The topological polar surface area (TPSA) is 58.6 Å². The molecule has 1 aromatic carbocycles. The number of amides is 1. The SMILES string of the molecule is CC(C)(C)OC(=O)Nc1cc(CO)ccc1F. The highest BCUT2D eigenvalue weighted by Crippen LogP contribution is 2.17. The third kappa shape index (κ3) is 4.40. The lowest BCUT2D eigenvalue weighted by molar-refractivity contribution is 0.0635. The quantitative estimate of drug-likeness (QED) is 0.836. The Balaban J connectivity index is 2.77. The first-order valence-electron chi connectivity index (χ1n) is 5.21. The second-order valence-electron chi connectivity index (χ2n) is 4.60. The van der Waals surface area contributed by atoms with E-state index in [0.29, 0.717) is 5.56 Å². The predicted molar refractivity (Wildman–Crippen MR) is 62.2 cm³/mol. The number of nitrogens with one attached hydrogen (secondary N) is 1. The summed E-state index contributed by atoms with van der Waals surface area (Å²) in [5.41, 5.74) is -0.141. The summed E-state index contributed by atoms with van der Waals surface area (Å²) in [6.07, 6.45) is -0.730. The lowest BCUT2D eigenvalue weighted by Crippen LogP contribution is -2.27. The zero-order valence-corrected chi connectivity index (χ0v) is 10.1. The molecule has 0 fully saturated rings. The molecule has 1 amide bonds. The number of rotatable bonds is 2. The molecule has 0 spiro atoms. The van der Waals surface area contributed by atoms with Crippen molar-refractivity contribution in [1.29, 1.82) is 0 Å². The number of hydrogen-bond acceptors (Lipinski definition) is 3. The Labute approximate surface area is 99.4 Å². The molecule has 0 radical (unpaired) electrons. The van der Waals surface area contributed by atoms with E-state index in [0.717, 1.165) is 0 Å². The fraction of sp³-hybridized carbons (Fsp3) is 0.417. The first kappa shape index (κ1) is 13.4. The molecule has 0 unspecified atom stereocenters. The Morgan fingerprint density at radius 3 is 2.65 bits per heavy atom. The van der Waals surface area contributed by atoms with E-state index in [1.54, 1.807) is 20.8 Å². The van der Waals surface area contributed by atoms with Crippen molar-refractivity contribution in [3.8, 4) is 0 Å². The molecule has 0 bridgehead atoms. The maximum absolute atomic E-state index is 13.3. The van der Waals surface area contributed by atoms with Gasteiger partial charge in [0.2, 0.25) is 0 Å². The molecular formula is C12H16FNO3. The summed E-state index contributed by atoms with van der Waals surface area (Å²) in [4.78, 5) is 11.4. The summed E-state index contributed by atoms with van der Waals surface area (Å²) >= 11 is 0. The monoisotopic (exact) mass is 241 g/mol. The fourth-order valence-electron chi connectivity index (χ4n) is 1.18. The number of aliphatic hydroxyl groups is 1. The molecule has 17 heavy (non-hydrogen) atoms. The molecule has 0 aliphatic rings. The fourth-order valence-corrected chi connectivity index (χ4v) is 1.18. The third-order valence-electron chi connectivity index (χ3n) is 1.85. The van der Waals surface area contributed by atoms with Gasteiger partial charge in [0, 0.05) is 0 Å². The number of aliphatic hydroxyl groups excluding tert-OH is 1. The van der Waals surface area contributed by atoms with Gasteiger partial charge < -0.3 is 9.84 Å². The number of ether oxygens (including phenoxy) is 1. The standard InChI is InChI=1S/C12H16FNO3/c1-12(2,3)17-11(16)14-10-6-8(7-15)4-5-9(10)13/h4-6,15H,7H2,1-3H3,(H,14,16). The maximum Gasteiger partial charge on any atom is 0.412 e. The highest BCUT2D eigenvalue weighted by Gasteiger charge is 2.17. The molecule has 0 aromatic heterocycles. The van der Waals surface area contributed by atoms with Crippen LogP contribution in [0.1, 0.15) is 26.3 Å². The second kappa shape index (κ2) is 5.14. The average Bonchev–Trinajstić information content (AvgIpc) is 2.18. The van der Waals surface area contributed by atoms with Crippen LogP contribution in [-0.4, -0.2) is 16.8 Å². The van der Waals surface area contributed by atoms with Crippen LogP contribution in [0.25, 0.3) is 0 Å². The Kier molecular flexibility index (Phi) is 4.07. The zero-order chi connectivity index (χ0) is 13.1. The van der Waals surface area contributed by atoms with Crippen LogP contribution >= 0.6 is 0 Å². The molecule has 0 atom stereocenters. The highest BCUT2D eigenvalue weighted by molar-refractivity contribution is 5.85.